The van der Waals surface area contributed by atoms with Gasteiger partial charge in [0.25, 0.3) is 11.8 Å². The van der Waals surface area contributed by atoms with Gasteiger partial charge in [0.15, 0.2) is 13.1 Å². The highest BCUT2D eigenvalue weighted by atomic mass is 16.2. The summed E-state index contributed by atoms with van der Waals surface area (Å²) in [5.41, 5.74) is 1.99. The minimum atomic E-state index is -0.107. The van der Waals surface area contributed by atoms with Crippen LogP contribution in [0, 0.1) is 0 Å². The van der Waals surface area contributed by atoms with Crippen molar-refractivity contribution >= 4 is 28.3 Å². The lowest BCUT2D eigenvalue weighted by atomic mass is 10.0. The van der Waals surface area contributed by atoms with Crippen molar-refractivity contribution in [1.29, 1.82) is 0 Å². The third kappa shape index (κ3) is 5.90. The molecule has 3 N–H and O–H groups in total. The average Bonchev–Trinajstić information content (AvgIpc) is 2.72. The largest absolute Gasteiger partial charge is 0.351 e. The third-order valence-corrected chi connectivity index (χ3v) is 4.96. The number of benzene rings is 3. The van der Waals surface area contributed by atoms with Gasteiger partial charge in [0.05, 0.1) is 7.05 Å². The van der Waals surface area contributed by atoms with E-state index < -0.39 is 0 Å². The average molecular weight is 391 g/mol. The Kier molecular flexibility index (Phi) is 6.98. The Morgan fingerprint density at radius 2 is 1.52 bits per heavy atom. The van der Waals surface area contributed by atoms with E-state index in [-0.39, 0.29) is 30.8 Å². The molecule has 3 aromatic carbocycles. The highest BCUT2D eigenvalue weighted by molar-refractivity contribution is 6.02. The molecule has 2 amide bonds. The summed E-state index contributed by atoms with van der Waals surface area (Å²) in [5, 5.41) is 8.03. The van der Waals surface area contributed by atoms with E-state index in [0.717, 1.165) is 21.4 Å². The highest BCUT2D eigenvalue weighted by Crippen LogP contribution is 2.22. The van der Waals surface area contributed by atoms with E-state index >= 15 is 0 Å². The lowest BCUT2D eigenvalue weighted by Crippen LogP contribution is -3.11. The number of hydrogen-bond acceptors (Lipinski definition) is 2. The molecule has 0 saturated carbocycles. The van der Waals surface area contributed by atoms with E-state index in [0.29, 0.717) is 6.54 Å². The molecule has 0 aliphatic heterocycles. The molecule has 0 spiro atoms. The standard InChI is InChI=1S/C24H27N3O2/c1-18(19-9-4-3-5-10-19)15-25-23(28)16-27(2)17-24(29)26-22-14-8-12-20-11-6-7-13-21(20)22/h3-14,18H,15-17H2,1-2H3,(H,25,28)(H,26,29)/p+1/t18-/m1/s1. The number of amides is 2. The zero-order chi connectivity index (χ0) is 20.6. The summed E-state index contributed by atoms with van der Waals surface area (Å²) >= 11 is 0. The zero-order valence-corrected chi connectivity index (χ0v) is 16.9. The minimum Gasteiger partial charge on any atom is -0.351 e. The number of quaternary nitrogens is 1. The second-order valence-electron chi connectivity index (χ2n) is 7.50. The van der Waals surface area contributed by atoms with Gasteiger partial charge in [0.2, 0.25) is 0 Å². The fourth-order valence-corrected chi connectivity index (χ4v) is 3.37. The fraction of sp³-hybridized carbons (Fsp3) is 0.250. The van der Waals surface area contributed by atoms with Crippen LogP contribution in [0.15, 0.2) is 72.8 Å². The van der Waals surface area contributed by atoms with E-state index in [2.05, 4.69) is 29.7 Å². The second-order valence-corrected chi connectivity index (χ2v) is 7.50. The summed E-state index contributed by atoms with van der Waals surface area (Å²) in [7, 11) is 1.85. The SMILES string of the molecule is C[C@H](CNC(=O)C[NH+](C)CC(=O)Nc1cccc2ccccc12)c1ccccc1. The van der Waals surface area contributed by atoms with Crippen LogP contribution < -0.4 is 15.5 Å². The maximum atomic E-state index is 12.4. The number of anilines is 1. The molecule has 2 atom stereocenters. The van der Waals surface area contributed by atoms with E-state index in [9.17, 15) is 9.59 Å². The number of carbonyl (C=O) groups excluding carboxylic acids is 2. The summed E-state index contributed by atoms with van der Waals surface area (Å²) in [6, 6.07) is 23.9. The molecule has 0 aliphatic carbocycles. The lowest BCUT2D eigenvalue weighted by molar-refractivity contribution is -0.862. The van der Waals surface area contributed by atoms with Crippen molar-refractivity contribution in [3.8, 4) is 0 Å². The van der Waals surface area contributed by atoms with Crippen molar-refractivity contribution < 1.29 is 14.5 Å². The molecule has 0 aromatic heterocycles. The Balaban J connectivity index is 1.46. The second kappa shape index (κ2) is 9.85. The van der Waals surface area contributed by atoms with E-state index in [1.807, 2.05) is 67.7 Å². The maximum Gasteiger partial charge on any atom is 0.279 e. The summed E-state index contributed by atoms with van der Waals surface area (Å²) in [6.07, 6.45) is 0. The van der Waals surface area contributed by atoms with Crippen LogP contribution in [0.4, 0.5) is 5.69 Å². The number of carbonyl (C=O) groups is 2. The summed E-state index contributed by atoms with van der Waals surface area (Å²) in [5.74, 6) is 0.0858. The van der Waals surface area contributed by atoms with E-state index in [4.69, 9.17) is 0 Å². The number of rotatable bonds is 8. The monoisotopic (exact) mass is 390 g/mol. The topological polar surface area (TPSA) is 62.6 Å². The Morgan fingerprint density at radius 1 is 0.862 bits per heavy atom. The zero-order valence-electron chi connectivity index (χ0n) is 16.9. The summed E-state index contributed by atoms with van der Waals surface area (Å²) in [4.78, 5) is 25.5. The van der Waals surface area contributed by atoms with Crippen molar-refractivity contribution in [2.24, 2.45) is 0 Å². The molecule has 3 aromatic rings. The van der Waals surface area contributed by atoms with Crippen LogP contribution in [0.25, 0.3) is 10.8 Å². The molecular formula is C24H28N3O2+. The number of hydrogen-bond donors (Lipinski definition) is 3. The van der Waals surface area contributed by atoms with Gasteiger partial charge in [-0.25, -0.2) is 0 Å². The maximum absolute atomic E-state index is 12.4. The van der Waals surface area contributed by atoms with Crippen LogP contribution in [0.1, 0.15) is 18.4 Å². The normalized spacial score (nSPS) is 12.9. The first-order valence-electron chi connectivity index (χ1n) is 9.93. The Hall–Kier alpha value is -3.18. The molecule has 150 valence electrons. The molecule has 29 heavy (non-hydrogen) atoms. The number of likely N-dealkylation sites (N-methyl/N-ethyl adjacent to an activating group) is 1. The first-order valence-corrected chi connectivity index (χ1v) is 9.93. The Bertz CT molecular complexity index is 967. The van der Waals surface area contributed by atoms with Crippen LogP contribution in [-0.4, -0.2) is 38.5 Å². The van der Waals surface area contributed by atoms with Crippen molar-refractivity contribution in [2.45, 2.75) is 12.8 Å². The third-order valence-electron chi connectivity index (χ3n) is 4.96. The molecule has 0 heterocycles. The molecule has 3 rings (SSSR count). The molecule has 5 heteroatoms. The van der Waals surface area contributed by atoms with Crippen LogP contribution in [-0.2, 0) is 9.59 Å². The quantitative estimate of drug-likeness (QED) is 0.552. The van der Waals surface area contributed by atoms with E-state index in [1.165, 1.54) is 5.56 Å². The molecular weight excluding hydrogens is 362 g/mol. The number of fused-ring (bicyclic) bond motifs is 1. The molecule has 0 saturated heterocycles. The molecule has 0 aliphatic rings. The van der Waals surface area contributed by atoms with Gasteiger partial charge in [-0.15, -0.1) is 0 Å². The Morgan fingerprint density at radius 3 is 2.31 bits per heavy atom. The summed E-state index contributed by atoms with van der Waals surface area (Å²) in [6.45, 7) is 3.15. The van der Waals surface area contributed by atoms with Crippen molar-refractivity contribution in [1.82, 2.24) is 5.32 Å². The molecule has 0 fully saturated rings. The first-order chi connectivity index (χ1) is 14.0. The Labute approximate surface area is 171 Å². The van der Waals surface area contributed by atoms with Crippen LogP contribution in [0.3, 0.4) is 0 Å². The summed E-state index contributed by atoms with van der Waals surface area (Å²) < 4.78 is 0. The van der Waals surface area contributed by atoms with Gasteiger partial charge in [0.1, 0.15) is 0 Å². The van der Waals surface area contributed by atoms with Crippen LogP contribution in [0.2, 0.25) is 0 Å². The van der Waals surface area contributed by atoms with Gasteiger partial charge in [-0.05, 0) is 22.9 Å². The van der Waals surface area contributed by atoms with Gasteiger partial charge in [-0.3, -0.25) is 9.59 Å². The van der Waals surface area contributed by atoms with Gasteiger partial charge in [-0.1, -0.05) is 73.7 Å². The van der Waals surface area contributed by atoms with Crippen LogP contribution >= 0.6 is 0 Å². The number of nitrogens with one attached hydrogen (secondary N) is 3. The molecule has 1 unspecified atom stereocenters. The molecule has 0 radical (unpaired) electrons. The van der Waals surface area contributed by atoms with Gasteiger partial charge in [-0.2, -0.15) is 0 Å². The first kappa shape index (κ1) is 20.6. The van der Waals surface area contributed by atoms with Crippen molar-refractivity contribution in [3.05, 3.63) is 78.4 Å². The molecule has 0 bridgehead atoms. The van der Waals surface area contributed by atoms with Gasteiger partial charge in [0, 0.05) is 17.6 Å². The lowest BCUT2D eigenvalue weighted by Gasteiger charge is -2.16. The van der Waals surface area contributed by atoms with Crippen LogP contribution in [0.5, 0.6) is 0 Å². The minimum absolute atomic E-state index is 0.0526. The predicted molar refractivity (Wildman–Crippen MR) is 117 cm³/mol. The van der Waals surface area contributed by atoms with Crippen molar-refractivity contribution in [2.75, 3.05) is 32.0 Å². The predicted octanol–water partition coefficient (Wildman–Crippen LogP) is 2.21. The molecule has 5 nitrogen and oxygen atoms in total. The fourth-order valence-electron chi connectivity index (χ4n) is 3.37. The van der Waals surface area contributed by atoms with Gasteiger partial charge >= 0.3 is 0 Å². The smallest absolute Gasteiger partial charge is 0.279 e. The van der Waals surface area contributed by atoms with Crippen molar-refractivity contribution in [3.63, 3.8) is 0 Å². The highest BCUT2D eigenvalue weighted by Gasteiger charge is 2.16. The van der Waals surface area contributed by atoms with E-state index in [1.54, 1.807) is 0 Å². The van der Waals surface area contributed by atoms with Gasteiger partial charge < -0.3 is 15.5 Å².